The van der Waals surface area contributed by atoms with Gasteiger partial charge in [0.25, 0.3) is 5.69 Å². The fourth-order valence-electron chi connectivity index (χ4n) is 1.49. The highest BCUT2D eigenvalue weighted by molar-refractivity contribution is 5.95. The van der Waals surface area contributed by atoms with E-state index < -0.39 is 22.1 Å². The molecule has 2 aromatic rings. The van der Waals surface area contributed by atoms with Crippen molar-refractivity contribution >= 4 is 11.7 Å². The Morgan fingerprint density at radius 1 is 1.26 bits per heavy atom. The number of nitro groups is 1. The molecule has 1 N–H and O–H groups in total. The van der Waals surface area contributed by atoms with Gasteiger partial charge in [0.15, 0.2) is 11.3 Å². The minimum absolute atomic E-state index is 0.125. The minimum atomic E-state index is -1.43. The van der Waals surface area contributed by atoms with E-state index in [-0.39, 0.29) is 11.6 Å². The summed E-state index contributed by atoms with van der Waals surface area (Å²) in [6.45, 7) is 0. The summed E-state index contributed by atoms with van der Waals surface area (Å²) in [7, 11) is 0. The number of aromatic nitrogens is 1. The Bertz CT molecular complexity index is 627. The SMILES string of the molecule is O=C(O)c1c(Oc2ccccn2)cccc1[N+](=O)[O-]. The molecule has 0 aliphatic carbocycles. The average Bonchev–Trinajstić information content (AvgIpc) is 2.39. The van der Waals surface area contributed by atoms with Gasteiger partial charge in [-0.3, -0.25) is 10.1 Å². The average molecular weight is 260 g/mol. The van der Waals surface area contributed by atoms with Crippen LogP contribution in [0.1, 0.15) is 10.4 Å². The van der Waals surface area contributed by atoms with Crippen LogP contribution in [0.25, 0.3) is 0 Å². The third-order valence-electron chi connectivity index (χ3n) is 2.27. The molecule has 0 atom stereocenters. The zero-order chi connectivity index (χ0) is 13.8. The minimum Gasteiger partial charge on any atom is -0.477 e. The molecule has 96 valence electrons. The van der Waals surface area contributed by atoms with Gasteiger partial charge >= 0.3 is 5.97 Å². The highest BCUT2D eigenvalue weighted by Crippen LogP contribution is 2.30. The fourth-order valence-corrected chi connectivity index (χ4v) is 1.49. The summed E-state index contributed by atoms with van der Waals surface area (Å²) in [5.74, 6) is -1.40. The Morgan fingerprint density at radius 2 is 2.05 bits per heavy atom. The molecule has 0 fully saturated rings. The van der Waals surface area contributed by atoms with Crippen LogP contribution in [0, 0.1) is 10.1 Å². The third-order valence-corrected chi connectivity index (χ3v) is 2.27. The number of aromatic carboxylic acids is 1. The number of rotatable bonds is 4. The van der Waals surface area contributed by atoms with Crippen molar-refractivity contribution in [3.8, 4) is 11.6 Å². The van der Waals surface area contributed by atoms with Crippen molar-refractivity contribution in [2.75, 3.05) is 0 Å². The zero-order valence-electron chi connectivity index (χ0n) is 9.52. The summed E-state index contributed by atoms with van der Waals surface area (Å²) in [6.07, 6.45) is 1.47. The van der Waals surface area contributed by atoms with E-state index in [1.54, 1.807) is 12.1 Å². The number of nitrogens with zero attached hydrogens (tertiary/aromatic N) is 2. The monoisotopic (exact) mass is 260 g/mol. The predicted molar refractivity (Wildman–Crippen MR) is 64.4 cm³/mol. The highest BCUT2D eigenvalue weighted by Gasteiger charge is 2.25. The number of benzene rings is 1. The summed E-state index contributed by atoms with van der Waals surface area (Å²) in [4.78, 5) is 25.0. The van der Waals surface area contributed by atoms with Gasteiger partial charge in [0, 0.05) is 18.3 Å². The molecule has 7 heteroatoms. The van der Waals surface area contributed by atoms with E-state index in [4.69, 9.17) is 9.84 Å². The van der Waals surface area contributed by atoms with Crippen LogP contribution >= 0.6 is 0 Å². The van der Waals surface area contributed by atoms with Crippen LogP contribution in [-0.4, -0.2) is 21.0 Å². The number of carbonyl (C=O) groups is 1. The van der Waals surface area contributed by atoms with Gasteiger partial charge in [-0.05, 0) is 12.1 Å². The van der Waals surface area contributed by atoms with Crippen molar-refractivity contribution in [2.45, 2.75) is 0 Å². The lowest BCUT2D eigenvalue weighted by Gasteiger charge is -2.07. The van der Waals surface area contributed by atoms with Gasteiger partial charge < -0.3 is 9.84 Å². The number of carboxylic acids is 1. The van der Waals surface area contributed by atoms with Gasteiger partial charge in [-0.15, -0.1) is 0 Å². The fraction of sp³-hybridized carbons (Fsp3) is 0. The molecular weight excluding hydrogens is 252 g/mol. The first-order valence-corrected chi connectivity index (χ1v) is 5.19. The number of nitro benzene ring substituents is 1. The number of hydrogen-bond acceptors (Lipinski definition) is 5. The molecule has 0 spiro atoms. The van der Waals surface area contributed by atoms with Crippen LogP contribution in [0.4, 0.5) is 5.69 Å². The maximum absolute atomic E-state index is 11.1. The van der Waals surface area contributed by atoms with Crippen molar-refractivity contribution in [2.24, 2.45) is 0 Å². The van der Waals surface area contributed by atoms with E-state index in [2.05, 4.69) is 4.98 Å². The summed E-state index contributed by atoms with van der Waals surface area (Å²) in [5, 5.41) is 19.9. The Labute approximate surface area is 107 Å². The molecule has 0 bridgehead atoms. The van der Waals surface area contributed by atoms with Gasteiger partial charge in [0.2, 0.25) is 5.88 Å². The van der Waals surface area contributed by atoms with E-state index in [0.29, 0.717) is 0 Å². The molecule has 1 aromatic carbocycles. The van der Waals surface area contributed by atoms with Crippen molar-refractivity contribution in [3.05, 3.63) is 58.3 Å². The third kappa shape index (κ3) is 2.65. The summed E-state index contributed by atoms with van der Waals surface area (Å²) in [6, 6.07) is 8.63. The second-order valence-electron chi connectivity index (χ2n) is 3.48. The van der Waals surface area contributed by atoms with Crippen molar-refractivity contribution in [3.63, 3.8) is 0 Å². The molecule has 0 saturated heterocycles. The number of carboxylic acid groups (broad SMARTS) is 1. The molecule has 1 aromatic heterocycles. The van der Waals surface area contributed by atoms with E-state index in [1.165, 1.54) is 24.4 Å². The van der Waals surface area contributed by atoms with E-state index in [9.17, 15) is 14.9 Å². The Kier molecular flexibility index (Phi) is 3.37. The summed E-state index contributed by atoms with van der Waals surface area (Å²) in [5.41, 5.74) is -1.03. The predicted octanol–water partition coefficient (Wildman–Crippen LogP) is 2.48. The molecule has 1 heterocycles. The molecule has 0 saturated carbocycles. The lowest BCUT2D eigenvalue weighted by molar-refractivity contribution is -0.385. The topological polar surface area (TPSA) is 103 Å². The maximum atomic E-state index is 11.1. The number of hydrogen-bond donors (Lipinski definition) is 1. The summed E-state index contributed by atoms with van der Waals surface area (Å²) >= 11 is 0. The molecule has 2 rings (SSSR count). The molecule has 0 radical (unpaired) electrons. The first kappa shape index (κ1) is 12.5. The van der Waals surface area contributed by atoms with Crippen molar-refractivity contribution < 1.29 is 19.6 Å². The normalized spacial score (nSPS) is 9.89. The van der Waals surface area contributed by atoms with E-state index in [0.717, 1.165) is 6.07 Å². The van der Waals surface area contributed by atoms with Crippen molar-refractivity contribution in [1.82, 2.24) is 4.98 Å². The molecule has 0 amide bonds. The maximum Gasteiger partial charge on any atom is 0.346 e. The summed E-state index contributed by atoms with van der Waals surface area (Å²) < 4.78 is 5.27. The lowest BCUT2D eigenvalue weighted by atomic mass is 10.1. The second kappa shape index (κ2) is 5.13. The van der Waals surface area contributed by atoms with Crippen LogP contribution in [0.3, 0.4) is 0 Å². The van der Waals surface area contributed by atoms with Gasteiger partial charge in [0.1, 0.15) is 0 Å². The van der Waals surface area contributed by atoms with Crippen LogP contribution in [0.15, 0.2) is 42.6 Å². The van der Waals surface area contributed by atoms with E-state index in [1.807, 2.05) is 0 Å². The quantitative estimate of drug-likeness (QED) is 0.669. The second-order valence-corrected chi connectivity index (χ2v) is 3.48. The highest BCUT2D eigenvalue weighted by atomic mass is 16.6. The number of ether oxygens (including phenoxy) is 1. The Hall–Kier alpha value is -2.96. The van der Waals surface area contributed by atoms with Gasteiger partial charge in [-0.2, -0.15) is 0 Å². The molecule has 19 heavy (non-hydrogen) atoms. The smallest absolute Gasteiger partial charge is 0.346 e. The number of pyridine rings is 1. The standard InChI is InChI=1S/C12H8N2O5/c15-12(16)11-8(14(17)18)4-3-5-9(11)19-10-6-1-2-7-13-10/h1-7H,(H,15,16). The van der Waals surface area contributed by atoms with Gasteiger partial charge in [0.05, 0.1) is 4.92 Å². The first-order valence-electron chi connectivity index (χ1n) is 5.19. The largest absolute Gasteiger partial charge is 0.477 e. The molecule has 0 aliphatic heterocycles. The van der Waals surface area contributed by atoms with E-state index >= 15 is 0 Å². The molecule has 0 aliphatic rings. The molecular formula is C12H8N2O5. The van der Waals surface area contributed by atoms with Crippen molar-refractivity contribution in [1.29, 1.82) is 0 Å². The van der Waals surface area contributed by atoms with Crippen LogP contribution < -0.4 is 4.74 Å². The van der Waals surface area contributed by atoms with Gasteiger partial charge in [-0.25, -0.2) is 9.78 Å². The zero-order valence-corrected chi connectivity index (χ0v) is 9.52. The molecule has 7 nitrogen and oxygen atoms in total. The Balaban J connectivity index is 2.48. The van der Waals surface area contributed by atoms with Crippen LogP contribution in [0.2, 0.25) is 0 Å². The Morgan fingerprint density at radius 3 is 2.63 bits per heavy atom. The van der Waals surface area contributed by atoms with Crippen LogP contribution in [-0.2, 0) is 0 Å². The van der Waals surface area contributed by atoms with Gasteiger partial charge in [-0.1, -0.05) is 12.1 Å². The first-order chi connectivity index (χ1) is 9.09. The molecule has 0 unspecified atom stereocenters. The van der Waals surface area contributed by atoms with Crippen LogP contribution in [0.5, 0.6) is 11.6 Å². The lowest BCUT2D eigenvalue weighted by Crippen LogP contribution is -2.05.